The molecule has 0 spiro atoms. The van der Waals surface area contributed by atoms with Crippen molar-refractivity contribution in [2.45, 2.75) is 35.6 Å². The normalized spacial score (nSPS) is 33.9. The molecular weight excluding hydrogens is 328 g/mol. The topological polar surface area (TPSA) is 95.9 Å². The lowest BCUT2D eigenvalue weighted by atomic mass is 9.98. The Morgan fingerprint density at radius 3 is 2.77 bits per heavy atom. The van der Waals surface area contributed by atoms with E-state index in [2.05, 4.69) is 5.32 Å². The Bertz CT molecular complexity index is 503. The molecule has 2 N–H and O–H groups in total. The molecule has 0 aromatic heterocycles. The van der Waals surface area contributed by atoms with Gasteiger partial charge in [-0.1, -0.05) is 6.92 Å². The van der Waals surface area contributed by atoms with Gasteiger partial charge in [-0.2, -0.15) is 0 Å². The Hall–Kier alpha value is -0.930. The zero-order chi connectivity index (χ0) is 16.5. The number of nitrogens with one attached hydrogen (secondary N) is 1. The first-order valence-electron chi connectivity index (χ1n) is 6.94. The molecule has 22 heavy (non-hydrogen) atoms. The molecule has 0 bridgehead atoms. The van der Waals surface area contributed by atoms with Crippen molar-refractivity contribution < 1.29 is 24.2 Å². The molecule has 3 atom stereocenters. The van der Waals surface area contributed by atoms with Gasteiger partial charge >= 0.3 is 5.97 Å². The van der Waals surface area contributed by atoms with Crippen molar-refractivity contribution in [3.63, 3.8) is 0 Å². The fourth-order valence-electron chi connectivity index (χ4n) is 2.67. The van der Waals surface area contributed by atoms with Crippen molar-refractivity contribution in [2.75, 3.05) is 25.7 Å². The largest absolute Gasteiger partial charge is 0.479 e. The average molecular weight is 348 g/mol. The molecule has 2 aliphatic heterocycles. The van der Waals surface area contributed by atoms with E-state index in [4.69, 9.17) is 4.74 Å². The number of carboxylic acid groups (broad SMARTS) is 1. The van der Waals surface area contributed by atoms with Crippen LogP contribution in [0.3, 0.4) is 0 Å². The van der Waals surface area contributed by atoms with Crippen molar-refractivity contribution in [2.24, 2.45) is 0 Å². The Labute approximate surface area is 137 Å². The van der Waals surface area contributed by atoms with Gasteiger partial charge in [-0.05, 0) is 12.7 Å². The average Bonchev–Trinajstić information content (AvgIpc) is 2.51. The van der Waals surface area contributed by atoms with Crippen LogP contribution < -0.4 is 5.32 Å². The number of aliphatic carboxylic acids is 1. The van der Waals surface area contributed by atoms with E-state index in [-0.39, 0.29) is 29.5 Å². The number of hydrogen-bond acceptors (Lipinski definition) is 6. The van der Waals surface area contributed by atoms with E-state index in [1.54, 1.807) is 6.26 Å². The Kier molecular flexibility index (Phi) is 4.98. The predicted molar refractivity (Wildman–Crippen MR) is 84.6 cm³/mol. The quantitative estimate of drug-likeness (QED) is 0.528. The maximum absolute atomic E-state index is 12.5. The second kappa shape index (κ2) is 6.29. The van der Waals surface area contributed by atoms with Gasteiger partial charge in [0, 0.05) is 19.3 Å². The summed E-state index contributed by atoms with van der Waals surface area (Å²) in [6, 6.07) is 0. The van der Waals surface area contributed by atoms with Crippen molar-refractivity contribution in [1.82, 2.24) is 10.2 Å². The molecular formula is C13H20N2O5S2. The van der Waals surface area contributed by atoms with E-state index in [0.717, 1.165) is 0 Å². The molecule has 0 saturated carbocycles. The first-order valence-corrected chi connectivity index (χ1v) is 9.21. The summed E-state index contributed by atoms with van der Waals surface area (Å²) in [7, 11) is 1.34. The van der Waals surface area contributed by atoms with Crippen LogP contribution in [-0.4, -0.2) is 69.3 Å². The first kappa shape index (κ1) is 17.4. The van der Waals surface area contributed by atoms with Crippen LogP contribution >= 0.6 is 23.5 Å². The number of β-lactam (4-membered cyclic amide) rings is 1. The van der Waals surface area contributed by atoms with Gasteiger partial charge in [0.05, 0.1) is 6.54 Å². The summed E-state index contributed by atoms with van der Waals surface area (Å²) in [6.45, 7) is 1.90. The predicted octanol–water partition coefficient (Wildman–Crippen LogP) is 0.347. The molecule has 2 heterocycles. The van der Waals surface area contributed by atoms with E-state index in [0.29, 0.717) is 12.8 Å². The van der Waals surface area contributed by atoms with Crippen LogP contribution in [0.2, 0.25) is 0 Å². The standard InChI is InChI=1S/C13H20N2O5S2/c1-4-5-8(16)14-13(21-3)9(17)15-6-12(20-2,11(18)19)7-22-10(13)15/h10H,4-7H2,1-3H3,(H,14,16)(H,18,19)/t10-,12?,13?/m1/s1. The van der Waals surface area contributed by atoms with Gasteiger partial charge in [0.25, 0.3) is 5.91 Å². The second-order valence-electron chi connectivity index (χ2n) is 5.34. The van der Waals surface area contributed by atoms with Gasteiger partial charge < -0.3 is 20.1 Å². The van der Waals surface area contributed by atoms with Crippen LogP contribution in [0.25, 0.3) is 0 Å². The number of thioether (sulfide) groups is 2. The number of nitrogens with zero attached hydrogens (tertiary/aromatic N) is 1. The number of ether oxygens (including phenoxy) is 1. The van der Waals surface area contributed by atoms with Gasteiger partial charge in [-0.3, -0.25) is 9.59 Å². The molecule has 0 aromatic carbocycles. The molecule has 2 rings (SSSR count). The number of fused-ring (bicyclic) bond motifs is 1. The van der Waals surface area contributed by atoms with Crippen LogP contribution in [0.15, 0.2) is 0 Å². The Morgan fingerprint density at radius 2 is 2.27 bits per heavy atom. The number of rotatable bonds is 6. The lowest BCUT2D eigenvalue weighted by molar-refractivity contribution is -0.172. The smallest absolute Gasteiger partial charge is 0.338 e. The fourth-order valence-corrected chi connectivity index (χ4v) is 5.50. The molecule has 124 valence electrons. The van der Waals surface area contributed by atoms with Crippen LogP contribution in [0.4, 0.5) is 0 Å². The highest BCUT2D eigenvalue weighted by molar-refractivity contribution is 8.04. The fraction of sp³-hybridized carbons (Fsp3) is 0.769. The molecule has 7 nitrogen and oxygen atoms in total. The summed E-state index contributed by atoms with van der Waals surface area (Å²) in [5.41, 5.74) is -1.38. The van der Waals surface area contributed by atoms with Crippen LogP contribution in [0.1, 0.15) is 19.8 Å². The minimum Gasteiger partial charge on any atom is -0.479 e. The monoisotopic (exact) mass is 348 g/mol. The molecule has 2 amide bonds. The summed E-state index contributed by atoms with van der Waals surface area (Å²) in [6.07, 6.45) is 2.85. The molecule has 0 radical (unpaired) electrons. The van der Waals surface area contributed by atoms with Crippen LogP contribution in [0, 0.1) is 0 Å². The first-order chi connectivity index (χ1) is 10.4. The van der Waals surface area contributed by atoms with E-state index >= 15 is 0 Å². The van der Waals surface area contributed by atoms with Crippen molar-refractivity contribution in [1.29, 1.82) is 0 Å². The number of amides is 2. The van der Waals surface area contributed by atoms with E-state index in [1.807, 2.05) is 6.92 Å². The minimum atomic E-state index is -1.38. The highest BCUT2D eigenvalue weighted by Crippen LogP contribution is 2.49. The highest BCUT2D eigenvalue weighted by atomic mass is 32.2. The van der Waals surface area contributed by atoms with Crippen LogP contribution in [-0.2, 0) is 19.1 Å². The van der Waals surface area contributed by atoms with Gasteiger partial charge in [-0.25, -0.2) is 4.79 Å². The van der Waals surface area contributed by atoms with Crippen molar-refractivity contribution in [3.8, 4) is 0 Å². The summed E-state index contributed by atoms with van der Waals surface area (Å²) in [5, 5.41) is 11.9. The summed E-state index contributed by atoms with van der Waals surface area (Å²) >= 11 is 2.62. The maximum Gasteiger partial charge on any atom is 0.338 e. The number of hydrogen-bond donors (Lipinski definition) is 2. The van der Waals surface area contributed by atoms with Gasteiger partial charge in [0.1, 0.15) is 5.37 Å². The molecule has 0 aromatic rings. The summed E-state index contributed by atoms with van der Waals surface area (Å²) in [5.74, 6) is -1.26. The third kappa shape index (κ3) is 2.48. The lowest BCUT2D eigenvalue weighted by Gasteiger charge is -2.59. The zero-order valence-electron chi connectivity index (χ0n) is 12.7. The van der Waals surface area contributed by atoms with Crippen molar-refractivity contribution in [3.05, 3.63) is 0 Å². The Morgan fingerprint density at radius 1 is 1.59 bits per heavy atom. The van der Waals surface area contributed by atoms with Crippen LogP contribution in [0.5, 0.6) is 0 Å². The van der Waals surface area contributed by atoms with E-state index in [1.165, 1.54) is 35.5 Å². The maximum atomic E-state index is 12.5. The summed E-state index contributed by atoms with van der Waals surface area (Å²) in [4.78, 5) is 36.4. The molecule has 2 unspecified atom stereocenters. The number of carbonyl (C=O) groups excluding carboxylic acids is 2. The van der Waals surface area contributed by atoms with E-state index < -0.39 is 16.4 Å². The zero-order valence-corrected chi connectivity index (χ0v) is 14.4. The second-order valence-corrected chi connectivity index (χ2v) is 7.46. The third-order valence-corrected chi connectivity index (χ3v) is 6.86. The number of carboxylic acids is 1. The molecule has 0 aliphatic carbocycles. The number of carbonyl (C=O) groups is 3. The summed E-state index contributed by atoms with van der Waals surface area (Å²) < 4.78 is 5.15. The van der Waals surface area contributed by atoms with Gasteiger partial charge in [0.15, 0.2) is 10.5 Å². The van der Waals surface area contributed by atoms with Crippen molar-refractivity contribution >= 4 is 41.3 Å². The van der Waals surface area contributed by atoms with Gasteiger partial charge in [0.2, 0.25) is 5.91 Å². The molecule has 2 saturated heterocycles. The third-order valence-electron chi connectivity index (χ3n) is 4.01. The molecule has 9 heteroatoms. The van der Waals surface area contributed by atoms with Gasteiger partial charge in [-0.15, -0.1) is 23.5 Å². The Balaban J connectivity index is 2.17. The molecule has 2 fully saturated rings. The molecule has 2 aliphatic rings. The minimum absolute atomic E-state index is 0.00128. The SMILES string of the molecule is CCCC(=O)NC1(SC)C(=O)N2CC(OC)(C(=O)O)CS[C@@H]21. The van der Waals surface area contributed by atoms with E-state index in [9.17, 15) is 19.5 Å². The highest BCUT2D eigenvalue weighted by Gasteiger charge is 2.66. The number of methoxy groups -OCH3 is 1. The lowest BCUT2D eigenvalue weighted by Crippen LogP contribution is -2.81.